The average molecular weight is 523 g/mol. The molecule has 6 aliphatic rings. The lowest BCUT2D eigenvalue weighted by Crippen LogP contribution is -2.71. The summed E-state index contributed by atoms with van der Waals surface area (Å²) in [5.74, 6) is 1.38. The number of carbonyl (C=O) groups is 1. The number of carbonyl (C=O) groups excluding carboxylic acids is 1. The number of rotatable bonds is 6. The normalized spacial score (nSPS) is 36.4. The smallest absolute Gasteiger partial charge is 0.380 e. The maximum atomic E-state index is 14.1. The molecule has 0 spiro atoms. The Morgan fingerprint density at radius 3 is 2.35 bits per heavy atom. The molecule has 3 atom stereocenters. The molecule has 2 aromatic rings. The molecular weight excluding hydrogens is 492 g/mol. The van der Waals surface area contributed by atoms with Crippen molar-refractivity contribution < 1.29 is 27.5 Å². The van der Waals surface area contributed by atoms with Crippen LogP contribution in [0.4, 0.5) is 17.6 Å². The van der Waals surface area contributed by atoms with Crippen molar-refractivity contribution in [1.29, 1.82) is 0 Å². The highest BCUT2D eigenvalue weighted by atomic mass is 19.4. The number of hydrogen-bond donors (Lipinski definition) is 2. The Hall–Kier alpha value is -2.34. The molecule has 1 saturated heterocycles. The van der Waals surface area contributed by atoms with Crippen LogP contribution in [0.25, 0.3) is 5.78 Å². The highest BCUT2D eigenvalue weighted by Gasteiger charge is 2.74. The molecule has 2 aromatic heterocycles. The van der Waals surface area contributed by atoms with Crippen molar-refractivity contribution in [3.8, 4) is 0 Å². The Morgan fingerprint density at radius 1 is 1.14 bits per heavy atom. The predicted molar refractivity (Wildman–Crippen MR) is 121 cm³/mol. The zero-order valence-corrected chi connectivity index (χ0v) is 20.3. The number of halogens is 4. The Morgan fingerprint density at radius 2 is 1.78 bits per heavy atom. The number of fused-ring (bicyclic) bond motifs is 1. The van der Waals surface area contributed by atoms with Crippen molar-refractivity contribution in [1.82, 2.24) is 24.5 Å². The first-order valence-electron chi connectivity index (χ1n) is 13.2. The van der Waals surface area contributed by atoms with E-state index in [4.69, 9.17) is 5.73 Å². The third-order valence-corrected chi connectivity index (χ3v) is 9.54. The van der Waals surface area contributed by atoms with E-state index in [2.05, 4.69) is 15.1 Å². The molecule has 1 aliphatic heterocycles. The average Bonchev–Trinajstić information content (AvgIpc) is 3.74. The molecule has 12 heteroatoms. The van der Waals surface area contributed by atoms with E-state index in [1.807, 2.05) is 0 Å². The van der Waals surface area contributed by atoms with Gasteiger partial charge in [-0.25, -0.2) is 18.9 Å². The summed E-state index contributed by atoms with van der Waals surface area (Å²) in [7, 11) is 0. The van der Waals surface area contributed by atoms with Crippen LogP contribution in [-0.2, 0) is 4.79 Å². The fourth-order valence-electron chi connectivity index (χ4n) is 7.21. The maximum absolute atomic E-state index is 14.1. The third kappa shape index (κ3) is 3.61. The fraction of sp³-hybridized carbons (Fsp3) is 0.760. The Kier molecular flexibility index (Phi) is 4.75. The Bertz CT molecular complexity index is 1240. The van der Waals surface area contributed by atoms with Crippen molar-refractivity contribution in [2.75, 3.05) is 6.54 Å². The molecule has 2 bridgehead atoms. The minimum atomic E-state index is -4.87. The predicted octanol–water partition coefficient (Wildman–Crippen LogP) is 3.41. The van der Waals surface area contributed by atoms with Gasteiger partial charge in [-0.2, -0.15) is 18.3 Å². The highest BCUT2D eigenvalue weighted by Crippen LogP contribution is 2.70. The maximum Gasteiger partial charge on any atom is 0.417 e. The summed E-state index contributed by atoms with van der Waals surface area (Å²) in [6, 6.07) is -1.43. The largest absolute Gasteiger partial charge is 0.417 e. The lowest BCUT2D eigenvalue weighted by Gasteiger charge is -2.65. The van der Waals surface area contributed by atoms with Gasteiger partial charge in [0, 0.05) is 19.4 Å². The summed E-state index contributed by atoms with van der Waals surface area (Å²) in [6.07, 6.45) is 1.74. The number of likely N-dealkylation sites (tertiary alicyclic amines) is 1. The Labute approximate surface area is 210 Å². The van der Waals surface area contributed by atoms with E-state index in [1.165, 1.54) is 41.3 Å². The standard InChI is InChI=1S/C25H30F4N6O2/c26-23-10-22(11-23,12-23)20(36)34-6-5-24(37,25(27,28)29)7-17(34)15-8-31-35-9-16(33-21(35)32-15)19(30)18(13-1-2-13)14-3-4-14/h8-9,13-14,17-19,37H,1-7,10-12,30H2/t17-,19+,22?,23?,24+/m0/s1. The molecule has 0 radical (unpaired) electrons. The van der Waals surface area contributed by atoms with Gasteiger partial charge in [-0.1, -0.05) is 0 Å². The molecule has 3 N–H and O–H groups in total. The second-order valence-electron chi connectivity index (χ2n) is 12.3. The van der Waals surface area contributed by atoms with Crippen LogP contribution < -0.4 is 5.73 Å². The lowest BCUT2D eigenvalue weighted by atomic mass is 9.41. The van der Waals surface area contributed by atoms with Gasteiger partial charge in [-0.3, -0.25) is 4.79 Å². The Balaban J connectivity index is 1.21. The van der Waals surface area contributed by atoms with Crippen LogP contribution in [0.5, 0.6) is 0 Å². The molecule has 6 fully saturated rings. The zero-order chi connectivity index (χ0) is 26.0. The first-order valence-corrected chi connectivity index (χ1v) is 13.2. The minimum absolute atomic E-state index is 0.0982. The summed E-state index contributed by atoms with van der Waals surface area (Å²) >= 11 is 0. The number of amides is 1. The van der Waals surface area contributed by atoms with Gasteiger partial charge in [0.15, 0.2) is 5.60 Å². The first kappa shape index (κ1) is 23.8. The molecule has 8 rings (SSSR count). The number of nitrogens with zero attached hydrogens (tertiary/aromatic N) is 5. The van der Waals surface area contributed by atoms with E-state index in [0.29, 0.717) is 23.4 Å². The molecular formula is C25H30F4N6O2. The van der Waals surface area contributed by atoms with Gasteiger partial charge >= 0.3 is 6.18 Å². The third-order valence-electron chi connectivity index (χ3n) is 9.54. The molecule has 5 saturated carbocycles. The number of aliphatic hydroxyl groups is 1. The minimum Gasteiger partial charge on any atom is -0.380 e. The summed E-state index contributed by atoms with van der Waals surface area (Å²) in [5, 5.41) is 14.9. The second-order valence-corrected chi connectivity index (χ2v) is 12.3. The van der Waals surface area contributed by atoms with E-state index < -0.39 is 41.7 Å². The zero-order valence-electron chi connectivity index (χ0n) is 20.3. The monoisotopic (exact) mass is 522 g/mol. The topological polar surface area (TPSA) is 110 Å². The molecule has 200 valence electrons. The van der Waals surface area contributed by atoms with Crippen molar-refractivity contribution in [3.05, 3.63) is 23.8 Å². The van der Waals surface area contributed by atoms with E-state index in [-0.39, 0.29) is 49.2 Å². The molecule has 3 heterocycles. The van der Waals surface area contributed by atoms with Crippen molar-refractivity contribution in [2.45, 2.75) is 87.3 Å². The van der Waals surface area contributed by atoms with Gasteiger partial charge in [0.05, 0.1) is 41.3 Å². The van der Waals surface area contributed by atoms with E-state index in [9.17, 15) is 27.5 Å². The van der Waals surface area contributed by atoms with Gasteiger partial charge in [0.1, 0.15) is 5.67 Å². The summed E-state index contributed by atoms with van der Waals surface area (Å²) < 4.78 is 57.0. The first-order chi connectivity index (χ1) is 17.4. The SMILES string of the molecule is N[C@H](c1cn2ncc([C@@H]3C[C@@](O)(C(F)(F)F)CCN3C(=O)C34CC(F)(C3)C4)nc2n1)C(C1CC1)C1CC1. The van der Waals surface area contributed by atoms with Crippen LogP contribution in [0, 0.1) is 23.2 Å². The quantitative estimate of drug-likeness (QED) is 0.563. The van der Waals surface area contributed by atoms with Crippen LogP contribution in [0.15, 0.2) is 12.4 Å². The fourth-order valence-corrected chi connectivity index (χ4v) is 7.21. The van der Waals surface area contributed by atoms with Gasteiger partial charge in [0.25, 0.3) is 5.78 Å². The van der Waals surface area contributed by atoms with Gasteiger partial charge in [0.2, 0.25) is 5.91 Å². The van der Waals surface area contributed by atoms with Crippen LogP contribution >= 0.6 is 0 Å². The van der Waals surface area contributed by atoms with E-state index in [1.54, 1.807) is 6.20 Å². The second kappa shape index (κ2) is 7.40. The molecule has 0 unspecified atom stereocenters. The molecule has 5 aliphatic carbocycles. The number of piperidine rings is 1. The van der Waals surface area contributed by atoms with Crippen LogP contribution in [0.2, 0.25) is 0 Å². The van der Waals surface area contributed by atoms with Gasteiger partial charge < -0.3 is 15.7 Å². The van der Waals surface area contributed by atoms with Crippen LogP contribution in [-0.4, -0.2) is 59.5 Å². The highest BCUT2D eigenvalue weighted by molar-refractivity contribution is 5.87. The molecule has 37 heavy (non-hydrogen) atoms. The van der Waals surface area contributed by atoms with E-state index in [0.717, 1.165) is 0 Å². The number of imidazole rings is 1. The van der Waals surface area contributed by atoms with Crippen LogP contribution in [0.3, 0.4) is 0 Å². The number of nitrogens with two attached hydrogens (primary N) is 1. The molecule has 1 amide bonds. The van der Waals surface area contributed by atoms with Gasteiger partial charge in [-0.15, -0.1) is 0 Å². The molecule has 0 aromatic carbocycles. The van der Waals surface area contributed by atoms with E-state index >= 15 is 0 Å². The number of alkyl halides is 4. The van der Waals surface area contributed by atoms with Crippen molar-refractivity contribution in [2.24, 2.45) is 28.9 Å². The van der Waals surface area contributed by atoms with Gasteiger partial charge in [-0.05, 0) is 62.7 Å². The summed E-state index contributed by atoms with van der Waals surface area (Å²) in [4.78, 5) is 23.8. The number of aromatic nitrogens is 4. The molecule has 8 nitrogen and oxygen atoms in total. The van der Waals surface area contributed by atoms with Crippen molar-refractivity contribution in [3.63, 3.8) is 0 Å². The van der Waals surface area contributed by atoms with Crippen molar-refractivity contribution >= 4 is 11.7 Å². The van der Waals surface area contributed by atoms with Crippen LogP contribution in [0.1, 0.15) is 81.3 Å². The summed E-state index contributed by atoms with van der Waals surface area (Å²) in [6.45, 7) is -0.303. The number of hydrogen-bond acceptors (Lipinski definition) is 6. The summed E-state index contributed by atoms with van der Waals surface area (Å²) in [5.41, 5.74) is 2.25. The lowest BCUT2D eigenvalue weighted by molar-refractivity contribution is -0.280.